The first-order valence-corrected chi connectivity index (χ1v) is 6.72. The summed E-state index contributed by atoms with van der Waals surface area (Å²) in [5.41, 5.74) is -0.207. The van der Waals surface area contributed by atoms with Crippen molar-refractivity contribution in [2.75, 3.05) is 6.61 Å². The zero-order valence-electron chi connectivity index (χ0n) is 12.2. The van der Waals surface area contributed by atoms with Crippen LogP contribution in [0.5, 0.6) is 11.5 Å². The Morgan fingerprint density at radius 3 is 2.68 bits per heavy atom. The summed E-state index contributed by atoms with van der Waals surface area (Å²) in [5, 5.41) is 31.1. The van der Waals surface area contributed by atoms with Crippen molar-refractivity contribution in [2.45, 2.75) is 26.3 Å². The van der Waals surface area contributed by atoms with Crippen LogP contribution < -0.4 is 10.9 Å². The molecule has 7 nitrogen and oxygen atoms in total. The number of hydrogen-bond acceptors (Lipinski definition) is 6. The van der Waals surface area contributed by atoms with Crippen LogP contribution in [0.25, 0.3) is 11.0 Å². The number of aliphatic hydroxyl groups excluding tert-OH is 1. The predicted molar refractivity (Wildman–Crippen MR) is 78.9 cm³/mol. The van der Waals surface area contributed by atoms with Gasteiger partial charge in [-0.25, -0.2) is 4.79 Å². The summed E-state index contributed by atoms with van der Waals surface area (Å²) in [5.74, 6) is -1.32. The van der Waals surface area contributed by atoms with Crippen LogP contribution in [0, 0.1) is 6.92 Å². The first-order chi connectivity index (χ1) is 10.3. The van der Waals surface area contributed by atoms with E-state index in [1.807, 2.05) is 0 Å². The largest absolute Gasteiger partial charge is 0.504 e. The number of aryl methyl sites for hydroxylation is 1. The van der Waals surface area contributed by atoms with Crippen LogP contribution in [0.4, 0.5) is 0 Å². The van der Waals surface area contributed by atoms with Crippen LogP contribution in [-0.2, 0) is 11.2 Å². The van der Waals surface area contributed by atoms with Gasteiger partial charge in [-0.3, -0.25) is 4.79 Å². The molecule has 118 valence electrons. The monoisotopic (exact) mass is 307 g/mol. The molecule has 0 aliphatic rings. The van der Waals surface area contributed by atoms with E-state index in [1.54, 1.807) is 13.8 Å². The molecule has 0 radical (unpaired) electrons. The standard InChI is InChI=1S/C15H17NO6/c1-7(6-17)16-12(19)5-10-8(2)9-3-4-11(18)13(20)14(9)22-15(10)21/h3-4,7,17-18,20H,5-6H2,1-2H3,(H,16,19)/t7-/m0/s1. The molecule has 1 heterocycles. The fourth-order valence-corrected chi connectivity index (χ4v) is 2.17. The second-order valence-electron chi connectivity index (χ2n) is 5.13. The van der Waals surface area contributed by atoms with E-state index in [9.17, 15) is 19.8 Å². The van der Waals surface area contributed by atoms with Gasteiger partial charge in [-0.1, -0.05) is 0 Å². The minimum atomic E-state index is -0.752. The maximum Gasteiger partial charge on any atom is 0.340 e. The molecule has 2 aromatic rings. The fourth-order valence-electron chi connectivity index (χ4n) is 2.17. The summed E-state index contributed by atoms with van der Waals surface area (Å²) >= 11 is 0. The van der Waals surface area contributed by atoms with Crippen LogP contribution in [0.2, 0.25) is 0 Å². The van der Waals surface area contributed by atoms with Crippen molar-refractivity contribution in [3.8, 4) is 11.5 Å². The number of aromatic hydroxyl groups is 2. The number of benzene rings is 1. The minimum absolute atomic E-state index is 0.115. The third-order valence-electron chi connectivity index (χ3n) is 3.43. The van der Waals surface area contributed by atoms with Crippen molar-refractivity contribution >= 4 is 16.9 Å². The molecule has 1 aromatic heterocycles. The van der Waals surface area contributed by atoms with Gasteiger partial charge in [-0.2, -0.15) is 0 Å². The van der Waals surface area contributed by atoms with Crippen LogP contribution >= 0.6 is 0 Å². The van der Waals surface area contributed by atoms with Gasteiger partial charge in [0.1, 0.15) is 0 Å². The van der Waals surface area contributed by atoms with Crippen molar-refractivity contribution in [2.24, 2.45) is 0 Å². The zero-order chi connectivity index (χ0) is 16.4. The predicted octanol–water partition coefficient (Wildman–Crippen LogP) is 0.552. The lowest BCUT2D eigenvalue weighted by atomic mass is 10.0. The SMILES string of the molecule is Cc1c(CC(=O)N[C@@H](C)CO)c(=O)oc2c(O)c(O)ccc12. The minimum Gasteiger partial charge on any atom is -0.504 e. The number of fused-ring (bicyclic) bond motifs is 1. The molecule has 4 N–H and O–H groups in total. The number of phenolic OH excluding ortho intramolecular Hbond substituents is 2. The lowest BCUT2D eigenvalue weighted by Gasteiger charge is -2.12. The summed E-state index contributed by atoms with van der Waals surface area (Å²) in [7, 11) is 0. The molecule has 0 aliphatic carbocycles. The molecule has 1 atom stereocenters. The summed E-state index contributed by atoms with van der Waals surface area (Å²) in [6.07, 6.45) is -0.198. The number of phenols is 2. The molecule has 0 saturated heterocycles. The molecule has 0 unspecified atom stereocenters. The summed E-state index contributed by atoms with van der Waals surface area (Å²) in [4.78, 5) is 23.9. The molecule has 0 bridgehead atoms. The van der Waals surface area contributed by atoms with Crippen LogP contribution in [0.1, 0.15) is 18.1 Å². The second kappa shape index (κ2) is 6.07. The highest BCUT2D eigenvalue weighted by Gasteiger charge is 2.18. The van der Waals surface area contributed by atoms with Crippen LogP contribution in [0.15, 0.2) is 21.3 Å². The van der Waals surface area contributed by atoms with Crippen molar-refractivity contribution in [1.29, 1.82) is 0 Å². The van der Waals surface area contributed by atoms with Crippen LogP contribution in [0.3, 0.4) is 0 Å². The Morgan fingerprint density at radius 2 is 2.05 bits per heavy atom. The maximum atomic E-state index is 12.0. The van der Waals surface area contributed by atoms with Gasteiger partial charge in [0.25, 0.3) is 0 Å². The van der Waals surface area contributed by atoms with Gasteiger partial charge >= 0.3 is 5.63 Å². The van der Waals surface area contributed by atoms with E-state index >= 15 is 0 Å². The number of hydrogen-bond donors (Lipinski definition) is 4. The highest BCUT2D eigenvalue weighted by Crippen LogP contribution is 2.34. The Balaban J connectivity index is 2.46. The third kappa shape index (κ3) is 2.89. The molecule has 0 aliphatic heterocycles. The van der Waals surface area contributed by atoms with Crippen LogP contribution in [-0.4, -0.2) is 33.9 Å². The van der Waals surface area contributed by atoms with Gasteiger partial charge in [0, 0.05) is 11.4 Å². The molecule has 22 heavy (non-hydrogen) atoms. The number of carbonyl (C=O) groups excluding carboxylic acids is 1. The molecule has 7 heteroatoms. The number of nitrogens with one attached hydrogen (secondary N) is 1. The van der Waals surface area contributed by atoms with E-state index in [4.69, 9.17) is 9.52 Å². The van der Waals surface area contributed by atoms with Crippen molar-refractivity contribution in [1.82, 2.24) is 5.32 Å². The van der Waals surface area contributed by atoms with E-state index in [0.29, 0.717) is 10.9 Å². The first-order valence-electron chi connectivity index (χ1n) is 6.72. The van der Waals surface area contributed by atoms with E-state index in [2.05, 4.69) is 5.32 Å². The molecule has 0 saturated carbocycles. The number of aliphatic hydroxyl groups is 1. The molecular weight excluding hydrogens is 290 g/mol. The van der Waals surface area contributed by atoms with Gasteiger partial charge < -0.3 is 25.1 Å². The Morgan fingerprint density at radius 1 is 1.36 bits per heavy atom. The molecule has 1 amide bonds. The van der Waals surface area contributed by atoms with Gasteiger partial charge in [0.2, 0.25) is 11.7 Å². The Bertz CT molecular complexity index is 780. The molecule has 0 spiro atoms. The highest BCUT2D eigenvalue weighted by atomic mass is 16.4. The Hall–Kier alpha value is -2.54. The van der Waals surface area contributed by atoms with Gasteiger partial charge in [0.05, 0.1) is 18.6 Å². The molecule has 0 fully saturated rings. The molecule has 1 aromatic carbocycles. The van der Waals surface area contributed by atoms with E-state index in [-0.39, 0.29) is 24.2 Å². The second-order valence-corrected chi connectivity index (χ2v) is 5.13. The van der Waals surface area contributed by atoms with E-state index < -0.39 is 29.1 Å². The Kier molecular flexibility index (Phi) is 4.37. The van der Waals surface area contributed by atoms with Crippen molar-refractivity contribution in [3.05, 3.63) is 33.7 Å². The fraction of sp³-hybridized carbons (Fsp3) is 0.333. The highest BCUT2D eigenvalue weighted by molar-refractivity contribution is 5.89. The summed E-state index contributed by atoms with van der Waals surface area (Å²) < 4.78 is 5.02. The quantitative estimate of drug-likeness (QED) is 0.484. The van der Waals surface area contributed by atoms with E-state index in [0.717, 1.165) is 0 Å². The lowest BCUT2D eigenvalue weighted by molar-refractivity contribution is -0.121. The van der Waals surface area contributed by atoms with Crippen molar-refractivity contribution in [3.63, 3.8) is 0 Å². The van der Waals surface area contributed by atoms with Gasteiger partial charge in [0.15, 0.2) is 11.3 Å². The normalized spacial score (nSPS) is 12.3. The van der Waals surface area contributed by atoms with Crippen molar-refractivity contribution < 1.29 is 24.5 Å². The third-order valence-corrected chi connectivity index (χ3v) is 3.43. The summed E-state index contributed by atoms with van der Waals surface area (Å²) in [6, 6.07) is 2.37. The topological polar surface area (TPSA) is 120 Å². The first kappa shape index (κ1) is 15.8. The average Bonchev–Trinajstić information content (AvgIpc) is 2.47. The average molecular weight is 307 g/mol. The Labute approximate surface area is 125 Å². The van der Waals surface area contributed by atoms with Gasteiger partial charge in [-0.15, -0.1) is 0 Å². The lowest BCUT2D eigenvalue weighted by Crippen LogP contribution is -2.37. The van der Waals surface area contributed by atoms with E-state index in [1.165, 1.54) is 12.1 Å². The van der Waals surface area contributed by atoms with Gasteiger partial charge in [-0.05, 0) is 31.5 Å². The molecule has 2 rings (SSSR count). The summed E-state index contributed by atoms with van der Waals surface area (Å²) in [6.45, 7) is 3.06. The number of carbonyl (C=O) groups is 1. The number of amides is 1. The maximum absolute atomic E-state index is 12.0. The molecular formula is C15H17NO6. The number of rotatable bonds is 4. The zero-order valence-corrected chi connectivity index (χ0v) is 12.2. The smallest absolute Gasteiger partial charge is 0.340 e.